The normalized spacial score (nSPS) is 12.5. The fraction of sp³-hybridized carbons (Fsp3) is 0.190. The number of anilines is 2. The number of benzene rings is 2. The highest BCUT2D eigenvalue weighted by molar-refractivity contribution is 7.14. The maximum atomic E-state index is 12.5. The molecule has 136 valence electrons. The summed E-state index contributed by atoms with van der Waals surface area (Å²) in [4.78, 5) is 28.1. The zero-order valence-corrected chi connectivity index (χ0v) is 15.7. The van der Waals surface area contributed by atoms with Crippen molar-refractivity contribution in [3.05, 3.63) is 64.5 Å². The Labute approximate surface area is 161 Å². The van der Waals surface area contributed by atoms with Gasteiger partial charge in [0.05, 0.1) is 5.69 Å². The Balaban J connectivity index is 1.46. The predicted molar refractivity (Wildman–Crippen MR) is 108 cm³/mol. The number of hydrogen-bond donors (Lipinski definition) is 2. The van der Waals surface area contributed by atoms with Crippen LogP contribution in [-0.2, 0) is 17.6 Å². The lowest BCUT2D eigenvalue weighted by Gasteiger charge is -2.05. The summed E-state index contributed by atoms with van der Waals surface area (Å²) in [6.07, 6.45) is 3.32. The molecule has 6 heteroatoms. The minimum atomic E-state index is -0.133. The van der Waals surface area contributed by atoms with Crippen molar-refractivity contribution in [1.82, 2.24) is 4.98 Å². The lowest BCUT2D eigenvalue weighted by Crippen LogP contribution is -2.12. The summed E-state index contributed by atoms with van der Waals surface area (Å²) in [5, 5.41) is 8.10. The predicted octanol–water partition coefficient (Wildman–Crippen LogP) is 4.51. The molecule has 0 saturated carbocycles. The highest BCUT2D eigenvalue weighted by atomic mass is 32.1. The molecular formula is C21H19N3O2S. The van der Waals surface area contributed by atoms with E-state index in [1.54, 1.807) is 0 Å². The Morgan fingerprint density at radius 3 is 2.56 bits per heavy atom. The number of aryl methyl sites for hydroxylation is 2. The van der Waals surface area contributed by atoms with Crippen LogP contribution in [0.3, 0.4) is 0 Å². The summed E-state index contributed by atoms with van der Waals surface area (Å²) in [7, 11) is 0. The zero-order chi connectivity index (χ0) is 18.8. The van der Waals surface area contributed by atoms with Crippen LogP contribution in [-0.4, -0.2) is 16.8 Å². The molecule has 2 aromatic carbocycles. The van der Waals surface area contributed by atoms with Crippen LogP contribution in [0.4, 0.5) is 10.8 Å². The molecule has 1 aliphatic carbocycles. The van der Waals surface area contributed by atoms with Crippen LogP contribution in [0.25, 0.3) is 11.3 Å². The minimum absolute atomic E-state index is 0.104. The smallest absolute Gasteiger partial charge is 0.257 e. The van der Waals surface area contributed by atoms with E-state index in [0.29, 0.717) is 10.7 Å². The molecule has 5 nitrogen and oxygen atoms in total. The molecule has 27 heavy (non-hydrogen) atoms. The van der Waals surface area contributed by atoms with Crippen molar-refractivity contribution >= 4 is 34.0 Å². The molecule has 0 fully saturated rings. The number of nitrogens with one attached hydrogen (secondary N) is 2. The van der Waals surface area contributed by atoms with Crippen LogP contribution in [0, 0.1) is 0 Å². The van der Waals surface area contributed by atoms with Crippen molar-refractivity contribution in [3.8, 4) is 11.3 Å². The SMILES string of the molecule is CC(=O)Nc1ccc(-c2csc(NC(=O)c3ccc4c(c3)CCC4)n2)cc1. The van der Waals surface area contributed by atoms with Gasteiger partial charge in [0, 0.05) is 29.1 Å². The van der Waals surface area contributed by atoms with Crippen molar-refractivity contribution in [3.63, 3.8) is 0 Å². The Bertz CT molecular complexity index is 1010. The topological polar surface area (TPSA) is 71.1 Å². The van der Waals surface area contributed by atoms with Gasteiger partial charge in [0.1, 0.15) is 0 Å². The number of carbonyl (C=O) groups excluding carboxylic acids is 2. The molecule has 0 spiro atoms. The first-order chi connectivity index (χ1) is 13.1. The Morgan fingerprint density at radius 2 is 1.78 bits per heavy atom. The first-order valence-electron chi connectivity index (χ1n) is 8.85. The molecule has 2 N–H and O–H groups in total. The van der Waals surface area contributed by atoms with Crippen LogP contribution in [0.1, 0.15) is 34.8 Å². The standard InChI is InChI=1S/C21H19N3O2S/c1-13(25)22-18-9-7-15(8-10-18)19-12-27-21(23-19)24-20(26)17-6-5-14-3-2-4-16(14)11-17/h5-12H,2-4H2,1H3,(H,22,25)(H,23,24,26). The largest absolute Gasteiger partial charge is 0.326 e. The van der Waals surface area contributed by atoms with Gasteiger partial charge in [-0.25, -0.2) is 4.98 Å². The minimum Gasteiger partial charge on any atom is -0.326 e. The van der Waals surface area contributed by atoms with E-state index in [9.17, 15) is 9.59 Å². The van der Waals surface area contributed by atoms with Gasteiger partial charge in [-0.3, -0.25) is 14.9 Å². The molecule has 0 saturated heterocycles. The van der Waals surface area contributed by atoms with Crippen LogP contribution < -0.4 is 10.6 Å². The molecule has 1 heterocycles. The summed E-state index contributed by atoms with van der Waals surface area (Å²) >= 11 is 1.39. The molecule has 4 rings (SSSR count). The van der Waals surface area contributed by atoms with E-state index >= 15 is 0 Å². The van der Waals surface area contributed by atoms with Gasteiger partial charge in [0.15, 0.2) is 5.13 Å². The summed E-state index contributed by atoms with van der Waals surface area (Å²) in [5.74, 6) is -0.237. The number of aromatic nitrogens is 1. The van der Waals surface area contributed by atoms with Gasteiger partial charge in [-0.1, -0.05) is 18.2 Å². The third-order valence-corrected chi connectivity index (χ3v) is 5.34. The summed E-state index contributed by atoms with van der Waals surface area (Å²) < 4.78 is 0. The lowest BCUT2D eigenvalue weighted by atomic mass is 10.1. The third-order valence-electron chi connectivity index (χ3n) is 4.59. The summed E-state index contributed by atoms with van der Waals surface area (Å²) in [6, 6.07) is 13.4. The molecule has 0 radical (unpaired) electrons. The van der Waals surface area contributed by atoms with Crippen molar-refractivity contribution in [2.75, 3.05) is 10.6 Å². The number of thiazole rings is 1. The molecule has 0 atom stereocenters. The summed E-state index contributed by atoms with van der Waals surface area (Å²) in [5.41, 5.74) is 5.77. The van der Waals surface area contributed by atoms with Gasteiger partial charge < -0.3 is 5.32 Å². The molecule has 3 aromatic rings. The van der Waals surface area contributed by atoms with Crippen LogP contribution in [0.2, 0.25) is 0 Å². The van der Waals surface area contributed by atoms with E-state index in [1.807, 2.05) is 41.8 Å². The van der Waals surface area contributed by atoms with Gasteiger partial charge >= 0.3 is 0 Å². The molecular weight excluding hydrogens is 358 g/mol. The monoisotopic (exact) mass is 377 g/mol. The van der Waals surface area contributed by atoms with Crippen molar-refractivity contribution in [2.24, 2.45) is 0 Å². The molecule has 1 aliphatic rings. The number of hydrogen-bond acceptors (Lipinski definition) is 4. The fourth-order valence-corrected chi connectivity index (χ4v) is 3.99. The Hall–Kier alpha value is -2.99. The summed E-state index contributed by atoms with van der Waals surface area (Å²) in [6.45, 7) is 1.48. The van der Waals surface area contributed by atoms with Gasteiger partial charge in [0.25, 0.3) is 5.91 Å². The van der Waals surface area contributed by atoms with E-state index in [-0.39, 0.29) is 11.8 Å². The van der Waals surface area contributed by atoms with E-state index in [2.05, 4.69) is 21.7 Å². The first kappa shape index (κ1) is 17.4. The van der Waals surface area contributed by atoms with E-state index < -0.39 is 0 Å². The molecule has 0 unspecified atom stereocenters. The number of carbonyl (C=O) groups is 2. The van der Waals surface area contributed by atoms with Crippen LogP contribution in [0.5, 0.6) is 0 Å². The average molecular weight is 377 g/mol. The molecule has 0 aliphatic heterocycles. The average Bonchev–Trinajstić information content (AvgIpc) is 3.30. The van der Waals surface area contributed by atoms with Crippen molar-refractivity contribution < 1.29 is 9.59 Å². The molecule has 2 amide bonds. The lowest BCUT2D eigenvalue weighted by molar-refractivity contribution is -0.114. The highest BCUT2D eigenvalue weighted by Crippen LogP contribution is 2.27. The number of fused-ring (bicyclic) bond motifs is 1. The zero-order valence-electron chi connectivity index (χ0n) is 14.9. The fourth-order valence-electron chi connectivity index (χ4n) is 3.27. The maximum absolute atomic E-state index is 12.5. The second kappa shape index (κ2) is 7.32. The van der Waals surface area contributed by atoms with Gasteiger partial charge in [-0.05, 0) is 54.7 Å². The quantitative estimate of drug-likeness (QED) is 0.703. The molecule has 0 bridgehead atoms. The third kappa shape index (κ3) is 3.90. The van der Waals surface area contributed by atoms with Gasteiger partial charge in [0.2, 0.25) is 5.91 Å². The Kier molecular flexibility index (Phi) is 4.73. The number of amides is 2. The highest BCUT2D eigenvalue weighted by Gasteiger charge is 2.15. The van der Waals surface area contributed by atoms with Crippen LogP contribution >= 0.6 is 11.3 Å². The van der Waals surface area contributed by atoms with Crippen LogP contribution in [0.15, 0.2) is 47.8 Å². The number of nitrogens with zero attached hydrogens (tertiary/aromatic N) is 1. The van der Waals surface area contributed by atoms with Crippen molar-refractivity contribution in [2.45, 2.75) is 26.2 Å². The first-order valence-corrected chi connectivity index (χ1v) is 9.73. The Morgan fingerprint density at radius 1 is 1.00 bits per heavy atom. The van der Waals surface area contributed by atoms with E-state index in [1.165, 1.54) is 29.4 Å². The second-order valence-corrected chi connectivity index (χ2v) is 7.45. The number of rotatable bonds is 4. The van der Waals surface area contributed by atoms with E-state index in [0.717, 1.165) is 36.2 Å². The van der Waals surface area contributed by atoms with Crippen molar-refractivity contribution in [1.29, 1.82) is 0 Å². The van der Waals surface area contributed by atoms with E-state index in [4.69, 9.17) is 0 Å². The van der Waals surface area contributed by atoms with Gasteiger partial charge in [-0.15, -0.1) is 11.3 Å². The molecule has 1 aromatic heterocycles. The maximum Gasteiger partial charge on any atom is 0.257 e. The van der Waals surface area contributed by atoms with Gasteiger partial charge in [-0.2, -0.15) is 0 Å². The second-order valence-electron chi connectivity index (χ2n) is 6.59.